The highest BCUT2D eigenvalue weighted by atomic mass is 35.5. The smallest absolute Gasteiger partial charge is 0.222 e. The van der Waals surface area contributed by atoms with Gasteiger partial charge < -0.3 is 10.6 Å². The molecular formula is C18H22Cl2N6O. The van der Waals surface area contributed by atoms with Crippen molar-refractivity contribution in [2.45, 2.75) is 33.6 Å². The van der Waals surface area contributed by atoms with Crippen molar-refractivity contribution in [3.8, 4) is 0 Å². The van der Waals surface area contributed by atoms with Gasteiger partial charge in [0.15, 0.2) is 5.82 Å². The van der Waals surface area contributed by atoms with E-state index < -0.39 is 0 Å². The van der Waals surface area contributed by atoms with Crippen molar-refractivity contribution in [3.05, 3.63) is 28.0 Å². The summed E-state index contributed by atoms with van der Waals surface area (Å²) >= 11 is 12.3. The van der Waals surface area contributed by atoms with E-state index in [1.54, 1.807) is 12.1 Å². The third kappa shape index (κ3) is 4.25. The minimum absolute atomic E-state index is 0.00900. The molecule has 2 heterocycles. The summed E-state index contributed by atoms with van der Waals surface area (Å²) in [5.74, 6) is 1.48. The summed E-state index contributed by atoms with van der Waals surface area (Å²) in [6, 6.07) is 3.52. The zero-order chi connectivity index (χ0) is 19.6. The SMILES string of the molecule is Cc1nnc2c(NCCCCNC(=O)C(C)C)nc3cc(Cl)c(Cl)cc3n12. The molecule has 0 spiro atoms. The first-order chi connectivity index (χ1) is 12.9. The van der Waals surface area contributed by atoms with Gasteiger partial charge in [-0.25, -0.2) is 4.98 Å². The van der Waals surface area contributed by atoms with Crippen LogP contribution in [0, 0.1) is 12.8 Å². The molecule has 27 heavy (non-hydrogen) atoms. The monoisotopic (exact) mass is 408 g/mol. The molecule has 0 aliphatic heterocycles. The number of amides is 1. The number of nitrogens with one attached hydrogen (secondary N) is 2. The molecule has 3 aromatic rings. The number of nitrogens with zero attached hydrogens (tertiary/aromatic N) is 4. The lowest BCUT2D eigenvalue weighted by molar-refractivity contribution is -0.123. The molecule has 144 valence electrons. The van der Waals surface area contributed by atoms with Gasteiger partial charge >= 0.3 is 0 Å². The number of hydrogen-bond acceptors (Lipinski definition) is 5. The fourth-order valence-electron chi connectivity index (χ4n) is 2.76. The lowest BCUT2D eigenvalue weighted by atomic mass is 10.2. The topological polar surface area (TPSA) is 84.2 Å². The van der Waals surface area contributed by atoms with Crippen LogP contribution in [0.15, 0.2) is 12.1 Å². The van der Waals surface area contributed by atoms with Gasteiger partial charge in [-0.3, -0.25) is 9.20 Å². The molecule has 0 unspecified atom stereocenters. The van der Waals surface area contributed by atoms with Crippen LogP contribution in [0.5, 0.6) is 0 Å². The van der Waals surface area contributed by atoms with E-state index in [0.717, 1.165) is 24.2 Å². The first-order valence-corrected chi connectivity index (χ1v) is 9.66. The average Bonchev–Trinajstić information content (AvgIpc) is 3.01. The van der Waals surface area contributed by atoms with Crippen LogP contribution in [0.2, 0.25) is 10.0 Å². The Labute approximate surface area is 167 Å². The number of unbranched alkanes of at least 4 members (excludes halogenated alkanes) is 1. The first kappa shape index (κ1) is 19.6. The van der Waals surface area contributed by atoms with Crippen molar-refractivity contribution in [3.63, 3.8) is 0 Å². The molecule has 0 aliphatic carbocycles. The van der Waals surface area contributed by atoms with Gasteiger partial charge in [-0.15, -0.1) is 10.2 Å². The van der Waals surface area contributed by atoms with Crippen LogP contribution in [-0.4, -0.2) is 38.6 Å². The standard InChI is InChI=1S/C18H22Cl2N6O/c1-10(2)18(27)22-7-5-4-6-21-16-17-25-24-11(3)26(17)15-9-13(20)12(19)8-14(15)23-16/h8-10H,4-7H2,1-3H3,(H,21,23)(H,22,27). The number of benzene rings is 1. The van der Waals surface area contributed by atoms with Gasteiger partial charge in [-0.2, -0.15) is 0 Å². The second kappa shape index (κ2) is 8.27. The molecule has 0 fully saturated rings. The molecule has 1 amide bonds. The van der Waals surface area contributed by atoms with Crippen molar-refractivity contribution < 1.29 is 4.79 Å². The molecule has 2 aromatic heterocycles. The average molecular weight is 409 g/mol. The Hall–Kier alpha value is -2.12. The van der Waals surface area contributed by atoms with E-state index in [4.69, 9.17) is 23.2 Å². The zero-order valence-electron chi connectivity index (χ0n) is 15.5. The normalized spacial score (nSPS) is 11.5. The van der Waals surface area contributed by atoms with Crippen LogP contribution >= 0.6 is 23.2 Å². The lowest BCUT2D eigenvalue weighted by Gasteiger charge is -2.11. The quantitative estimate of drug-likeness (QED) is 0.579. The van der Waals surface area contributed by atoms with E-state index in [2.05, 4.69) is 25.8 Å². The minimum Gasteiger partial charge on any atom is -0.367 e. The summed E-state index contributed by atoms with van der Waals surface area (Å²) in [6.07, 6.45) is 1.77. The highest BCUT2D eigenvalue weighted by Gasteiger charge is 2.14. The summed E-state index contributed by atoms with van der Waals surface area (Å²) in [7, 11) is 0. The van der Waals surface area contributed by atoms with Crippen molar-refractivity contribution in [2.24, 2.45) is 5.92 Å². The Morgan fingerprint density at radius 2 is 1.85 bits per heavy atom. The van der Waals surface area contributed by atoms with E-state index in [9.17, 15) is 4.79 Å². The van der Waals surface area contributed by atoms with Gasteiger partial charge in [0.05, 0.1) is 21.1 Å². The van der Waals surface area contributed by atoms with Gasteiger partial charge in [-0.1, -0.05) is 37.0 Å². The molecule has 1 aromatic carbocycles. The third-order valence-corrected chi connectivity index (χ3v) is 4.97. The van der Waals surface area contributed by atoms with E-state index >= 15 is 0 Å². The minimum atomic E-state index is 0.00900. The van der Waals surface area contributed by atoms with Gasteiger partial charge in [0.25, 0.3) is 0 Å². The van der Waals surface area contributed by atoms with Gasteiger partial charge in [0.1, 0.15) is 5.82 Å². The molecule has 0 radical (unpaired) electrons. The summed E-state index contributed by atoms with van der Waals surface area (Å²) < 4.78 is 1.91. The molecule has 0 saturated carbocycles. The van der Waals surface area contributed by atoms with Crippen molar-refractivity contribution >= 4 is 51.6 Å². The summed E-state index contributed by atoms with van der Waals surface area (Å²) in [5, 5.41) is 15.5. The summed E-state index contributed by atoms with van der Waals surface area (Å²) in [5.41, 5.74) is 2.17. The fourth-order valence-corrected chi connectivity index (χ4v) is 3.08. The molecule has 7 nitrogen and oxygen atoms in total. The maximum Gasteiger partial charge on any atom is 0.222 e. The number of anilines is 1. The van der Waals surface area contributed by atoms with E-state index in [1.165, 1.54) is 0 Å². The van der Waals surface area contributed by atoms with Crippen molar-refractivity contribution in [1.29, 1.82) is 0 Å². The number of carbonyl (C=O) groups excluding carboxylic acids is 1. The second-order valence-corrected chi connectivity index (χ2v) is 7.52. The molecule has 0 aliphatic rings. The Kier molecular flexibility index (Phi) is 6.01. The van der Waals surface area contributed by atoms with E-state index in [1.807, 2.05) is 25.2 Å². The van der Waals surface area contributed by atoms with Crippen LogP contribution in [-0.2, 0) is 4.79 Å². The fraction of sp³-hybridized carbons (Fsp3) is 0.444. The Balaban J connectivity index is 1.73. The van der Waals surface area contributed by atoms with Crippen molar-refractivity contribution in [1.82, 2.24) is 24.9 Å². The molecule has 3 rings (SSSR count). The van der Waals surface area contributed by atoms with Crippen LogP contribution in [0.3, 0.4) is 0 Å². The Morgan fingerprint density at radius 1 is 1.15 bits per heavy atom. The Bertz CT molecular complexity index is 985. The number of aryl methyl sites for hydroxylation is 1. The highest BCUT2D eigenvalue weighted by molar-refractivity contribution is 6.42. The van der Waals surface area contributed by atoms with Crippen molar-refractivity contribution in [2.75, 3.05) is 18.4 Å². The molecule has 2 N–H and O–H groups in total. The first-order valence-electron chi connectivity index (χ1n) is 8.90. The molecule has 9 heteroatoms. The number of hydrogen-bond donors (Lipinski definition) is 2. The number of fused-ring (bicyclic) bond motifs is 3. The third-order valence-electron chi connectivity index (χ3n) is 4.25. The summed E-state index contributed by atoms with van der Waals surface area (Å²) in [6.45, 7) is 7.01. The molecule has 0 bridgehead atoms. The molecular weight excluding hydrogens is 387 g/mol. The maximum atomic E-state index is 11.5. The van der Waals surface area contributed by atoms with Crippen LogP contribution in [0.1, 0.15) is 32.5 Å². The van der Waals surface area contributed by atoms with Crippen LogP contribution < -0.4 is 10.6 Å². The zero-order valence-corrected chi connectivity index (χ0v) is 17.0. The predicted octanol–water partition coefficient (Wildman–Crippen LogP) is 3.86. The number of aromatic nitrogens is 4. The van der Waals surface area contributed by atoms with Crippen LogP contribution in [0.4, 0.5) is 5.82 Å². The number of rotatable bonds is 7. The van der Waals surface area contributed by atoms with E-state index in [0.29, 0.717) is 40.1 Å². The lowest BCUT2D eigenvalue weighted by Crippen LogP contribution is -2.28. The molecule has 0 atom stereocenters. The van der Waals surface area contributed by atoms with E-state index in [-0.39, 0.29) is 11.8 Å². The largest absolute Gasteiger partial charge is 0.367 e. The Morgan fingerprint density at radius 3 is 2.59 bits per heavy atom. The number of carbonyl (C=O) groups is 1. The van der Waals surface area contributed by atoms with Crippen LogP contribution in [0.25, 0.3) is 16.7 Å². The highest BCUT2D eigenvalue weighted by Crippen LogP contribution is 2.29. The second-order valence-electron chi connectivity index (χ2n) is 6.70. The predicted molar refractivity (Wildman–Crippen MR) is 109 cm³/mol. The maximum absolute atomic E-state index is 11.5. The molecule has 0 saturated heterocycles. The van der Waals surface area contributed by atoms with Gasteiger partial charge in [0, 0.05) is 19.0 Å². The van der Waals surface area contributed by atoms with Gasteiger partial charge in [-0.05, 0) is 31.9 Å². The number of halogens is 2. The summed E-state index contributed by atoms with van der Waals surface area (Å²) in [4.78, 5) is 16.2. The van der Waals surface area contributed by atoms with Gasteiger partial charge in [0.2, 0.25) is 11.6 Å².